The number of primary amides is 1. The number of thioether (sulfide) groups is 1. The first-order chi connectivity index (χ1) is 12.9. The minimum Gasteiger partial charge on any atom is -0.365 e. The molecule has 0 spiro atoms. The number of rotatable bonds is 4. The standard InChI is InChI=1S/C19H13Cl2N3O2S/c20-12-3-1-11(2-4-12)9-16-18(26)24(14-7-5-13(21)6-8-14)19(27-16)15(10-22)17(23)25/h1-8,16H,9H2,(H2,23,25)/b19-15-/t16-/m1/s1. The summed E-state index contributed by atoms with van der Waals surface area (Å²) in [6, 6.07) is 15.6. The van der Waals surface area contributed by atoms with Crippen molar-refractivity contribution in [3.63, 3.8) is 0 Å². The topological polar surface area (TPSA) is 87.2 Å². The summed E-state index contributed by atoms with van der Waals surface area (Å²) in [7, 11) is 0. The largest absolute Gasteiger partial charge is 0.365 e. The third kappa shape index (κ3) is 4.11. The van der Waals surface area contributed by atoms with Crippen molar-refractivity contribution >= 4 is 52.5 Å². The Morgan fingerprint density at radius 3 is 2.19 bits per heavy atom. The highest BCUT2D eigenvalue weighted by Crippen LogP contribution is 2.42. The van der Waals surface area contributed by atoms with Crippen molar-refractivity contribution < 1.29 is 9.59 Å². The van der Waals surface area contributed by atoms with Gasteiger partial charge in [-0.05, 0) is 48.4 Å². The van der Waals surface area contributed by atoms with E-state index in [-0.39, 0.29) is 16.5 Å². The van der Waals surface area contributed by atoms with E-state index in [0.717, 1.165) is 17.3 Å². The van der Waals surface area contributed by atoms with Crippen molar-refractivity contribution in [1.82, 2.24) is 0 Å². The lowest BCUT2D eigenvalue weighted by Crippen LogP contribution is -2.31. The number of hydrogen-bond acceptors (Lipinski definition) is 4. The number of amides is 2. The second kappa shape index (κ2) is 8.05. The fraction of sp³-hybridized carbons (Fsp3) is 0.105. The molecule has 2 amide bonds. The van der Waals surface area contributed by atoms with Crippen LogP contribution >= 0.6 is 35.0 Å². The summed E-state index contributed by atoms with van der Waals surface area (Å²) in [6.45, 7) is 0. The minimum atomic E-state index is -0.876. The van der Waals surface area contributed by atoms with Gasteiger partial charge in [-0.15, -0.1) is 0 Å². The van der Waals surface area contributed by atoms with Crippen molar-refractivity contribution in [2.75, 3.05) is 4.90 Å². The number of halogens is 2. The Bertz CT molecular complexity index is 966. The molecule has 1 aliphatic heterocycles. The Morgan fingerprint density at radius 1 is 1.11 bits per heavy atom. The van der Waals surface area contributed by atoms with Gasteiger partial charge in [-0.3, -0.25) is 14.5 Å². The van der Waals surface area contributed by atoms with Crippen LogP contribution in [0.25, 0.3) is 0 Å². The summed E-state index contributed by atoms with van der Waals surface area (Å²) in [6.07, 6.45) is 0.422. The molecule has 8 heteroatoms. The highest BCUT2D eigenvalue weighted by atomic mass is 35.5. The van der Waals surface area contributed by atoms with Gasteiger partial charge in [-0.1, -0.05) is 47.1 Å². The molecule has 1 atom stereocenters. The Hall–Kier alpha value is -2.46. The van der Waals surface area contributed by atoms with Crippen molar-refractivity contribution in [2.24, 2.45) is 5.73 Å². The van der Waals surface area contributed by atoms with Crippen molar-refractivity contribution in [3.05, 3.63) is 74.7 Å². The van der Waals surface area contributed by atoms with Gasteiger partial charge in [0.25, 0.3) is 5.91 Å². The molecule has 0 bridgehead atoms. The Kier molecular flexibility index (Phi) is 5.76. The van der Waals surface area contributed by atoms with Crippen molar-refractivity contribution in [2.45, 2.75) is 11.7 Å². The summed E-state index contributed by atoms with van der Waals surface area (Å²) in [5.74, 6) is -1.11. The zero-order chi connectivity index (χ0) is 19.6. The molecule has 2 aromatic rings. The Morgan fingerprint density at radius 2 is 1.67 bits per heavy atom. The van der Waals surface area contributed by atoms with E-state index < -0.39 is 11.2 Å². The van der Waals surface area contributed by atoms with E-state index in [2.05, 4.69) is 0 Å². The maximum atomic E-state index is 13.1. The maximum absolute atomic E-state index is 13.1. The number of nitriles is 1. The van der Waals surface area contributed by atoms with Gasteiger partial charge in [0.1, 0.15) is 16.7 Å². The quantitative estimate of drug-likeness (QED) is 0.603. The maximum Gasteiger partial charge on any atom is 0.262 e. The third-order valence-electron chi connectivity index (χ3n) is 3.94. The number of carbonyl (C=O) groups excluding carboxylic acids is 2. The fourth-order valence-electron chi connectivity index (χ4n) is 2.66. The van der Waals surface area contributed by atoms with Crippen LogP contribution in [0, 0.1) is 11.3 Å². The molecule has 0 radical (unpaired) electrons. The molecule has 3 rings (SSSR count). The van der Waals surface area contributed by atoms with Crippen molar-refractivity contribution in [1.29, 1.82) is 5.26 Å². The molecule has 27 heavy (non-hydrogen) atoms. The number of nitrogens with zero attached hydrogens (tertiary/aromatic N) is 2. The summed E-state index contributed by atoms with van der Waals surface area (Å²) < 4.78 is 0. The molecule has 5 nitrogen and oxygen atoms in total. The van der Waals surface area contributed by atoms with Crippen LogP contribution in [0.1, 0.15) is 5.56 Å². The number of benzene rings is 2. The van der Waals surface area contributed by atoms with E-state index in [1.807, 2.05) is 18.2 Å². The van der Waals surface area contributed by atoms with Crippen LogP contribution in [0.2, 0.25) is 10.0 Å². The summed E-state index contributed by atoms with van der Waals surface area (Å²) in [5.41, 5.74) is 6.53. The van der Waals surface area contributed by atoms with Crippen LogP contribution in [0.5, 0.6) is 0 Å². The minimum absolute atomic E-state index is 0.233. The zero-order valence-electron chi connectivity index (χ0n) is 13.9. The molecule has 0 unspecified atom stereocenters. The highest BCUT2D eigenvalue weighted by molar-refractivity contribution is 8.05. The van der Waals surface area contributed by atoms with Gasteiger partial charge in [0.2, 0.25) is 5.91 Å². The number of nitrogens with two attached hydrogens (primary N) is 1. The lowest BCUT2D eigenvalue weighted by Gasteiger charge is -2.18. The van der Waals surface area contributed by atoms with E-state index in [4.69, 9.17) is 28.9 Å². The smallest absolute Gasteiger partial charge is 0.262 e. The second-order valence-corrected chi connectivity index (χ2v) is 7.81. The molecule has 0 saturated carbocycles. The van der Waals surface area contributed by atoms with Crippen molar-refractivity contribution in [3.8, 4) is 6.07 Å². The average molecular weight is 418 g/mol. The van der Waals surface area contributed by atoms with E-state index in [0.29, 0.717) is 22.2 Å². The van der Waals surface area contributed by atoms with E-state index in [9.17, 15) is 14.9 Å². The molecule has 1 fully saturated rings. The van der Waals surface area contributed by atoms with Crippen LogP contribution in [0.15, 0.2) is 59.1 Å². The number of anilines is 1. The third-order valence-corrected chi connectivity index (χ3v) is 5.71. The summed E-state index contributed by atoms with van der Waals surface area (Å²) >= 11 is 13.0. The zero-order valence-corrected chi connectivity index (χ0v) is 16.2. The molecule has 136 valence electrons. The lowest BCUT2D eigenvalue weighted by atomic mass is 10.1. The normalized spacial score (nSPS) is 18.3. The number of carbonyl (C=O) groups is 2. The predicted molar refractivity (Wildman–Crippen MR) is 107 cm³/mol. The summed E-state index contributed by atoms with van der Waals surface area (Å²) in [4.78, 5) is 26.1. The van der Waals surface area contributed by atoms with Gasteiger partial charge in [0, 0.05) is 15.7 Å². The van der Waals surface area contributed by atoms with Crippen LogP contribution in [0.4, 0.5) is 5.69 Å². The average Bonchev–Trinajstić information content (AvgIpc) is 2.94. The molecule has 1 aliphatic rings. The molecule has 2 N–H and O–H groups in total. The molecular weight excluding hydrogens is 405 g/mol. The van der Waals surface area contributed by atoms with Gasteiger partial charge >= 0.3 is 0 Å². The van der Waals surface area contributed by atoms with Gasteiger partial charge < -0.3 is 5.73 Å². The first-order valence-corrected chi connectivity index (χ1v) is 9.49. The van der Waals surface area contributed by atoms with Gasteiger partial charge in [0.05, 0.1) is 5.25 Å². The van der Waals surface area contributed by atoms with Crippen LogP contribution < -0.4 is 10.6 Å². The van der Waals surface area contributed by atoms with E-state index in [1.165, 1.54) is 4.90 Å². The number of hydrogen-bond donors (Lipinski definition) is 1. The fourth-order valence-corrected chi connectivity index (χ4v) is 4.23. The summed E-state index contributed by atoms with van der Waals surface area (Å²) in [5, 5.41) is 10.2. The van der Waals surface area contributed by atoms with Crippen LogP contribution in [-0.4, -0.2) is 17.1 Å². The van der Waals surface area contributed by atoms with Crippen LogP contribution in [-0.2, 0) is 16.0 Å². The van der Waals surface area contributed by atoms with E-state index >= 15 is 0 Å². The molecule has 1 heterocycles. The molecule has 0 aliphatic carbocycles. The monoisotopic (exact) mass is 417 g/mol. The Balaban J connectivity index is 2.01. The first-order valence-electron chi connectivity index (χ1n) is 7.85. The first kappa shape index (κ1) is 19.3. The second-order valence-electron chi connectivity index (χ2n) is 5.74. The molecular formula is C19H13Cl2N3O2S. The van der Waals surface area contributed by atoms with Gasteiger partial charge in [-0.25, -0.2) is 0 Å². The van der Waals surface area contributed by atoms with Crippen LogP contribution in [0.3, 0.4) is 0 Å². The molecule has 2 aromatic carbocycles. The van der Waals surface area contributed by atoms with E-state index in [1.54, 1.807) is 36.4 Å². The van der Waals surface area contributed by atoms with Gasteiger partial charge in [0.15, 0.2) is 0 Å². The van der Waals surface area contributed by atoms with Gasteiger partial charge in [-0.2, -0.15) is 5.26 Å². The molecule has 1 saturated heterocycles. The highest BCUT2D eigenvalue weighted by Gasteiger charge is 2.40. The predicted octanol–water partition coefficient (Wildman–Crippen LogP) is 3.90. The lowest BCUT2D eigenvalue weighted by molar-refractivity contribution is -0.117. The molecule has 0 aromatic heterocycles. The SMILES string of the molecule is N#C/C(C(N)=O)=C1/S[C@H](Cc2ccc(Cl)cc2)C(=O)N1c1ccc(Cl)cc1. The Labute approximate surface area is 170 Å².